The second-order valence-electron chi connectivity index (χ2n) is 6.86. The molecule has 0 atom stereocenters. The van der Waals surface area contributed by atoms with Gasteiger partial charge in [0, 0.05) is 43.0 Å². The summed E-state index contributed by atoms with van der Waals surface area (Å²) in [5, 5.41) is 3.42. The van der Waals surface area contributed by atoms with Crippen LogP contribution in [0.2, 0.25) is 5.02 Å². The average Bonchev–Trinajstić information content (AvgIpc) is 2.71. The molecular formula is C19H26ClN5O3S. The van der Waals surface area contributed by atoms with Crippen LogP contribution in [0, 0.1) is 6.92 Å². The van der Waals surface area contributed by atoms with Gasteiger partial charge in [-0.25, -0.2) is 18.1 Å². The smallest absolute Gasteiger partial charge is 0.244 e. The number of nitrogens with zero attached hydrogens (tertiary/aromatic N) is 3. The van der Waals surface area contributed by atoms with Crippen molar-refractivity contribution in [3.8, 4) is 5.75 Å². The summed E-state index contributed by atoms with van der Waals surface area (Å²) in [7, 11) is -2.35. The Morgan fingerprint density at radius 3 is 2.62 bits per heavy atom. The molecule has 0 saturated carbocycles. The van der Waals surface area contributed by atoms with E-state index >= 15 is 0 Å². The van der Waals surface area contributed by atoms with Crippen molar-refractivity contribution in [3.63, 3.8) is 0 Å². The highest BCUT2D eigenvalue weighted by atomic mass is 35.5. The maximum Gasteiger partial charge on any atom is 0.244 e. The van der Waals surface area contributed by atoms with E-state index in [1.54, 1.807) is 6.07 Å². The van der Waals surface area contributed by atoms with E-state index in [0.29, 0.717) is 17.5 Å². The zero-order chi connectivity index (χ0) is 20.9. The number of methoxy groups -OCH3 is 1. The molecule has 1 aliphatic rings. The number of rotatable bonds is 8. The molecule has 1 fully saturated rings. The predicted molar refractivity (Wildman–Crippen MR) is 115 cm³/mol. The lowest BCUT2D eigenvalue weighted by Crippen LogP contribution is -2.31. The minimum absolute atomic E-state index is 0.00619. The molecule has 2 N–H and O–H groups in total. The van der Waals surface area contributed by atoms with Gasteiger partial charge in [-0.1, -0.05) is 11.6 Å². The van der Waals surface area contributed by atoms with Gasteiger partial charge in [-0.15, -0.1) is 0 Å². The molecule has 1 saturated heterocycles. The molecule has 0 spiro atoms. The number of sulfonamides is 1. The molecule has 0 amide bonds. The number of ether oxygens (including phenoxy) is 1. The summed E-state index contributed by atoms with van der Waals surface area (Å²) in [5.41, 5.74) is 0.868. The van der Waals surface area contributed by atoms with E-state index in [-0.39, 0.29) is 17.2 Å². The molecule has 8 nitrogen and oxygen atoms in total. The fourth-order valence-corrected chi connectivity index (χ4v) is 4.68. The van der Waals surface area contributed by atoms with Crippen LogP contribution in [0.15, 0.2) is 29.2 Å². The molecule has 0 radical (unpaired) electrons. The molecule has 0 bridgehead atoms. The Labute approximate surface area is 176 Å². The first-order valence-electron chi connectivity index (χ1n) is 9.57. The van der Waals surface area contributed by atoms with Crippen molar-refractivity contribution in [2.24, 2.45) is 0 Å². The number of hydrogen-bond acceptors (Lipinski definition) is 7. The van der Waals surface area contributed by atoms with E-state index in [9.17, 15) is 8.42 Å². The van der Waals surface area contributed by atoms with Crippen molar-refractivity contribution >= 4 is 33.4 Å². The summed E-state index contributed by atoms with van der Waals surface area (Å²) in [4.78, 5) is 11.2. The van der Waals surface area contributed by atoms with E-state index in [1.165, 1.54) is 38.5 Å². The van der Waals surface area contributed by atoms with Gasteiger partial charge in [-0.3, -0.25) is 0 Å². The lowest BCUT2D eigenvalue weighted by molar-refractivity contribution is 0.402. The van der Waals surface area contributed by atoms with Crippen LogP contribution >= 0.6 is 11.6 Å². The number of aromatic nitrogens is 2. The summed E-state index contributed by atoms with van der Waals surface area (Å²) in [6, 6.07) is 6.45. The van der Waals surface area contributed by atoms with Gasteiger partial charge in [0.15, 0.2) is 0 Å². The molecule has 2 heterocycles. The Kier molecular flexibility index (Phi) is 7.15. The number of anilines is 2. The normalized spacial score (nSPS) is 14.7. The van der Waals surface area contributed by atoms with E-state index in [2.05, 4.69) is 24.9 Å². The Hall–Kier alpha value is -2.10. The van der Waals surface area contributed by atoms with Gasteiger partial charge in [0.2, 0.25) is 16.0 Å². The first kappa shape index (κ1) is 21.6. The van der Waals surface area contributed by atoms with Gasteiger partial charge < -0.3 is 15.0 Å². The fourth-order valence-electron chi connectivity index (χ4n) is 3.21. The van der Waals surface area contributed by atoms with E-state index in [4.69, 9.17) is 16.3 Å². The zero-order valence-electron chi connectivity index (χ0n) is 16.6. The third kappa shape index (κ3) is 5.71. The Balaban J connectivity index is 1.60. The highest BCUT2D eigenvalue weighted by Gasteiger charge is 2.19. The molecule has 0 aliphatic carbocycles. The molecule has 1 aromatic heterocycles. The van der Waals surface area contributed by atoms with Crippen LogP contribution in [0.25, 0.3) is 0 Å². The highest BCUT2D eigenvalue weighted by Crippen LogP contribution is 2.26. The average molecular weight is 440 g/mol. The molecule has 2 aromatic rings. The third-order valence-electron chi connectivity index (χ3n) is 4.64. The zero-order valence-corrected chi connectivity index (χ0v) is 18.2. The summed E-state index contributed by atoms with van der Waals surface area (Å²) in [5.74, 6) is 1.64. The van der Waals surface area contributed by atoms with Crippen LogP contribution in [-0.4, -0.2) is 51.7 Å². The van der Waals surface area contributed by atoms with Gasteiger partial charge in [0.25, 0.3) is 0 Å². The van der Waals surface area contributed by atoms with Crippen LogP contribution in [-0.2, 0) is 10.0 Å². The molecule has 3 rings (SSSR count). The van der Waals surface area contributed by atoms with Gasteiger partial charge in [-0.2, -0.15) is 4.98 Å². The summed E-state index contributed by atoms with van der Waals surface area (Å²) < 4.78 is 32.8. The number of benzene rings is 1. The number of halogens is 1. The van der Waals surface area contributed by atoms with Crippen LogP contribution < -0.4 is 19.7 Å². The lowest BCUT2D eigenvalue weighted by atomic mass is 10.1. The predicted octanol–water partition coefficient (Wildman–Crippen LogP) is 2.83. The van der Waals surface area contributed by atoms with E-state index in [1.807, 2.05) is 13.0 Å². The molecule has 1 aliphatic heterocycles. The largest absolute Gasteiger partial charge is 0.495 e. The van der Waals surface area contributed by atoms with Gasteiger partial charge >= 0.3 is 0 Å². The summed E-state index contributed by atoms with van der Waals surface area (Å²) in [6.45, 7) is 4.42. The second kappa shape index (κ2) is 9.60. The van der Waals surface area contributed by atoms with Crippen LogP contribution in [0.5, 0.6) is 5.75 Å². The molecular weight excluding hydrogens is 414 g/mol. The molecule has 10 heteroatoms. The number of aryl methyl sites for hydroxylation is 1. The Morgan fingerprint density at radius 1 is 1.14 bits per heavy atom. The van der Waals surface area contributed by atoms with Crippen molar-refractivity contribution < 1.29 is 13.2 Å². The highest BCUT2D eigenvalue weighted by molar-refractivity contribution is 7.89. The SMILES string of the molecule is COc1ccc(Cl)cc1S(=O)(=O)NCCNc1nc(C)cc(N2CCCCC2)n1. The Morgan fingerprint density at radius 2 is 1.90 bits per heavy atom. The summed E-state index contributed by atoms with van der Waals surface area (Å²) in [6.07, 6.45) is 3.59. The lowest BCUT2D eigenvalue weighted by Gasteiger charge is -2.28. The maximum atomic E-state index is 12.6. The van der Waals surface area contributed by atoms with Crippen LogP contribution in [0.1, 0.15) is 25.0 Å². The van der Waals surface area contributed by atoms with E-state index in [0.717, 1.165) is 24.6 Å². The number of hydrogen-bond donors (Lipinski definition) is 2. The second-order valence-corrected chi connectivity index (χ2v) is 9.03. The minimum atomic E-state index is -3.76. The first-order valence-corrected chi connectivity index (χ1v) is 11.4. The molecule has 29 heavy (non-hydrogen) atoms. The van der Waals surface area contributed by atoms with Crippen LogP contribution in [0.4, 0.5) is 11.8 Å². The van der Waals surface area contributed by atoms with E-state index < -0.39 is 10.0 Å². The fraction of sp³-hybridized carbons (Fsp3) is 0.474. The van der Waals surface area contributed by atoms with Gasteiger partial charge in [-0.05, 0) is 44.4 Å². The van der Waals surface area contributed by atoms with Crippen molar-refractivity contribution in [3.05, 3.63) is 35.0 Å². The topological polar surface area (TPSA) is 96.5 Å². The first-order chi connectivity index (χ1) is 13.9. The van der Waals surface area contributed by atoms with Gasteiger partial charge in [0.05, 0.1) is 7.11 Å². The molecule has 0 unspecified atom stereocenters. The quantitative estimate of drug-likeness (QED) is 0.610. The van der Waals surface area contributed by atoms with Crippen molar-refractivity contribution in [1.29, 1.82) is 0 Å². The standard InChI is InChI=1S/C19H26ClN5O3S/c1-14-12-18(25-10-4-3-5-11-25)24-19(23-14)21-8-9-22-29(26,27)17-13-15(20)6-7-16(17)28-2/h6-7,12-13,22H,3-5,8-11H2,1-2H3,(H,21,23,24). The maximum absolute atomic E-state index is 12.6. The summed E-state index contributed by atoms with van der Waals surface area (Å²) >= 11 is 5.93. The van der Waals surface area contributed by atoms with Crippen molar-refractivity contribution in [2.75, 3.05) is 43.5 Å². The van der Waals surface area contributed by atoms with Crippen LogP contribution in [0.3, 0.4) is 0 Å². The van der Waals surface area contributed by atoms with Crippen molar-refractivity contribution in [2.45, 2.75) is 31.1 Å². The Bertz CT molecular complexity index is 949. The number of piperidine rings is 1. The number of nitrogens with one attached hydrogen (secondary N) is 2. The monoisotopic (exact) mass is 439 g/mol. The van der Waals surface area contributed by atoms with Gasteiger partial charge in [0.1, 0.15) is 16.5 Å². The molecule has 1 aromatic carbocycles. The minimum Gasteiger partial charge on any atom is -0.495 e. The molecule has 158 valence electrons. The third-order valence-corrected chi connectivity index (χ3v) is 6.35. The van der Waals surface area contributed by atoms with Crippen molar-refractivity contribution in [1.82, 2.24) is 14.7 Å².